The van der Waals surface area contributed by atoms with Crippen LogP contribution in [0.3, 0.4) is 0 Å². The van der Waals surface area contributed by atoms with Crippen molar-refractivity contribution < 1.29 is 9.13 Å². The van der Waals surface area contributed by atoms with Crippen LogP contribution in [0.15, 0.2) is 24.3 Å². The van der Waals surface area contributed by atoms with Crippen molar-refractivity contribution in [2.45, 2.75) is 6.42 Å². The van der Waals surface area contributed by atoms with Gasteiger partial charge in [0.25, 0.3) is 0 Å². The van der Waals surface area contributed by atoms with E-state index in [0.29, 0.717) is 13.0 Å². The van der Waals surface area contributed by atoms with Crippen molar-refractivity contribution in [3.63, 3.8) is 0 Å². The lowest BCUT2D eigenvalue weighted by Crippen LogP contribution is -1.97. The Hall–Kier alpha value is -0.320. The lowest BCUT2D eigenvalue weighted by atomic mass is 10.3. The number of benzene rings is 1. The Kier molecular flexibility index (Phi) is 4.35. The molecule has 0 aliphatic rings. The number of rotatable bonds is 4. The third-order valence-electron chi connectivity index (χ3n) is 1.36. The summed E-state index contributed by atoms with van der Waals surface area (Å²) >= 11 is 2.23. The Balaban J connectivity index is 2.37. The summed E-state index contributed by atoms with van der Waals surface area (Å²) in [7, 11) is 0. The van der Waals surface area contributed by atoms with Gasteiger partial charge >= 0.3 is 0 Å². The maximum atomic E-state index is 11.7. The van der Waals surface area contributed by atoms with Crippen LogP contribution < -0.4 is 4.74 Å². The largest absolute Gasteiger partial charge is 0.493 e. The molecule has 0 unspecified atom stereocenters. The minimum atomic E-state index is -0.315. The third-order valence-corrected chi connectivity index (χ3v) is 2.08. The van der Waals surface area contributed by atoms with E-state index in [0.717, 1.165) is 5.75 Å². The Morgan fingerprint density at radius 1 is 1.25 bits per heavy atom. The summed E-state index contributed by atoms with van der Waals surface area (Å²) in [6, 6.07) is 7.71. The Bertz CT molecular complexity index is 222. The Labute approximate surface area is 85.1 Å². The average molecular weight is 280 g/mol. The van der Waals surface area contributed by atoms with Gasteiger partial charge in [0.1, 0.15) is 5.75 Å². The molecule has 0 amide bonds. The Morgan fingerprint density at radius 2 is 1.92 bits per heavy atom. The molecule has 0 fully saturated rings. The highest BCUT2D eigenvalue weighted by Gasteiger charge is 1.92. The van der Waals surface area contributed by atoms with Gasteiger partial charge in [-0.3, -0.25) is 4.39 Å². The second kappa shape index (κ2) is 5.35. The monoisotopic (exact) mass is 280 g/mol. The zero-order valence-electron chi connectivity index (χ0n) is 6.59. The summed E-state index contributed by atoms with van der Waals surface area (Å²) in [4.78, 5) is 0. The fourth-order valence-corrected chi connectivity index (χ4v) is 1.13. The van der Waals surface area contributed by atoms with Crippen LogP contribution >= 0.6 is 22.6 Å². The van der Waals surface area contributed by atoms with E-state index in [2.05, 4.69) is 22.6 Å². The molecule has 1 rings (SSSR count). The van der Waals surface area contributed by atoms with Crippen molar-refractivity contribution in [2.75, 3.05) is 13.3 Å². The van der Waals surface area contributed by atoms with Crippen molar-refractivity contribution in [1.29, 1.82) is 0 Å². The SMILES string of the molecule is FCCCOc1ccc(I)cc1. The number of alkyl halides is 1. The molecule has 12 heavy (non-hydrogen) atoms. The molecule has 1 aromatic rings. The van der Waals surface area contributed by atoms with Gasteiger partial charge in [-0.2, -0.15) is 0 Å². The van der Waals surface area contributed by atoms with Gasteiger partial charge in [0.05, 0.1) is 13.3 Å². The standard InChI is InChI=1S/C9H10FIO/c10-6-1-7-12-9-4-2-8(11)3-5-9/h2-5H,1,6-7H2. The van der Waals surface area contributed by atoms with Crippen molar-refractivity contribution in [2.24, 2.45) is 0 Å². The van der Waals surface area contributed by atoms with E-state index in [1.807, 2.05) is 24.3 Å². The minimum Gasteiger partial charge on any atom is -0.493 e. The van der Waals surface area contributed by atoms with Gasteiger partial charge in [-0.05, 0) is 46.9 Å². The lowest BCUT2D eigenvalue weighted by molar-refractivity contribution is 0.289. The molecule has 1 nitrogen and oxygen atoms in total. The van der Waals surface area contributed by atoms with E-state index in [9.17, 15) is 4.39 Å². The number of hydrogen-bond acceptors (Lipinski definition) is 1. The molecule has 0 aromatic heterocycles. The highest BCUT2D eigenvalue weighted by molar-refractivity contribution is 14.1. The lowest BCUT2D eigenvalue weighted by Gasteiger charge is -2.03. The molecule has 0 heterocycles. The van der Waals surface area contributed by atoms with Crippen molar-refractivity contribution in [3.8, 4) is 5.75 Å². The van der Waals surface area contributed by atoms with Crippen LogP contribution in [0.5, 0.6) is 5.75 Å². The van der Waals surface area contributed by atoms with Crippen LogP contribution in [0.4, 0.5) is 4.39 Å². The smallest absolute Gasteiger partial charge is 0.119 e. The zero-order valence-corrected chi connectivity index (χ0v) is 8.75. The minimum absolute atomic E-state index is 0.315. The molecule has 0 N–H and O–H groups in total. The molecular formula is C9H10FIO. The fraction of sp³-hybridized carbons (Fsp3) is 0.333. The van der Waals surface area contributed by atoms with Crippen LogP contribution in [0, 0.1) is 3.57 Å². The van der Waals surface area contributed by atoms with Gasteiger partial charge in [0.2, 0.25) is 0 Å². The van der Waals surface area contributed by atoms with Crippen LogP contribution in [0.1, 0.15) is 6.42 Å². The maximum absolute atomic E-state index is 11.7. The molecule has 0 atom stereocenters. The van der Waals surface area contributed by atoms with E-state index in [1.165, 1.54) is 3.57 Å². The van der Waals surface area contributed by atoms with E-state index in [4.69, 9.17) is 4.74 Å². The summed E-state index contributed by atoms with van der Waals surface area (Å²) in [5, 5.41) is 0. The predicted octanol–water partition coefficient (Wildman–Crippen LogP) is 3.03. The highest BCUT2D eigenvalue weighted by Crippen LogP contribution is 2.13. The van der Waals surface area contributed by atoms with Crippen molar-refractivity contribution >= 4 is 22.6 Å². The number of hydrogen-bond donors (Lipinski definition) is 0. The maximum Gasteiger partial charge on any atom is 0.119 e. The summed E-state index contributed by atoms with van der Waals surface area (Å²) in [6.45, 7) is 0.140. The van der Waals surface area contributed by atoms with Crippen molar-refractivity contribution in [3.05, 3.63) is 27.8 Å². The number of ether oxygens (including phenoxy) is 1. The molecule has 0 radical (unpaired) electrons. The van der Waals surface area contributed by atoms with E-state index in [-0.39, 0.29) is 6.67 Å². The summed E-state index contributed by atoms with van der Waals surface area (Å²) in [6.07, 6.45) is 0.464. The molecule has 0 saturated heterocycles. The zero-order chi connectivity index (χ0) is 8.81. The quantitative estimate of drug-likeness (QED) is 0.608. The summed E-state index contributed by atoms with van der Waals surface area (Å²) in [5.41, 5.74) is 0. The molecule has 3 heteroatoms. The Morgan fingerprint density at radius 3 is 2.50 bits per heavy atom. The first-order chi connectivity index (χ1) is 5.83. The van der Waals surface area contributed by atoms with Crippen LogP contribution in [0.25, 0.3) is 0 Å². The van der Waals surface area contributed by atoms with Gasteiger partial charge in [0, 0.05) is 9.99 Å². The van der Waals surface area contributed by atoms with Crippen LogP contribution in [0.2, 0.25) is 0 Å². The van der Waals surface area contributed by atoms with E-state index in [1.54, 1.807) is 0 Å². The van der Waals surface area contributed by atoms with Crippen molar-refractivity contribution in [1.82, 2.24) is 0 Å². The molecule has 0 bridgehead atoms. The van der Waals surface area contributed by atoms with Gasteiger partial charge in [-0.1, -0.05) is 0 Å². The molecule has 0 spiro atoms. The number of halogens is 2. The average Bonchev–Trinajstić information content (AvgIpc) is 2.09. The van der Waals surface area contributed by atoms with Crippen LogP contribution in [-0.4, -0.2) is 13.3 Å². The van der Waals surface area contributed by atoms with E-state index >= 15 is 0 Å². The predicted molar refractivity (Wildman–Crippen MR) is 55.2 cm³/mol. The first-order valence-electron chi connectivity index (χ1n) is 3.77. The summed E-state index contributed by atoms with van der Waals surface area (Å²) < 4.78 is 18.1. The van der Waals surface area contributed by atoms with Gasteiger partial charge in [-0.15, -0.1) is 0 Å². The fourth-order valence-electron chi connectivity index (χ4n) is 0.775. The molecule has 0 saturated carbocycles. The van der Waals surface area contributed by atoms with Crippen LogP contribution in [-0.2, 0) is 0 Å². The van der Waals surface area contributed by atoms with Gasteiger partial charge in [0.15, 0.2) is 0 Å². The molecule has 66 valence electrons. The topological polar surface area (TPSA) is 9.23 Å². The summed E-state index contributed by atoms with van der Waals surface area (Å²) in [5.74, 6) is 0.809. The second-order valence-electron chi connectivity index (χ2n) is 2.34. The van der Waals surface area contributed by atoms with E-state index < -0.39 is 0 Å². The molecular weight excluding hydrogens is 270 g/mol. The second-order valence-corrected chi connectivity index (χ2v) is 3.59. The highest BCUT2D eigenvalue weighted by atomic mass is 127. The molecule has 0 aliphatic carbocycles. The normalized spacial score (nSPS) is 9.83. The third kappa shape index (κ3) is 3.38. The molecule has 1 aromatic carbocycles. The van der Waals surface area contributed by atoms with Gasteiger partial charge < -0.3 is 4.74 Å². The molecule has 0 aliphatic heterocycles. The first kappa shape index (κ1) is 9.77. The van der Waals surface area contributed by atoms with Gasteiger partial charge in [-0.25, -0.2) is 0 Å². The first-order valence-corrected chi connectivity index (χ1v) is 4.85.